The van der Waals surface area contributed by atoms with Crippen molar-refractivity contribution in [2.75, 3.05) is 26.3 Å². The number of amides is 1. The molecule has 1 saturated heterocycles. The van der Waals surface area contributed by atoms with Crippen molar-refractivity contribution in [3.63, 3.8) is 0 Å². The van der Waals surface area contributed by atoms with E-state index in [4.69, 9.17) is 4.74 Å². The van der Waals surface area contributed by atoms with Crippen LogP contribution in [0.15, 0.2) is 0 Å². The summed E-state index contributed by atoms with van der Waals surface area (Å²) in [5.74, 6) is 0.758. The highest BCUT2D eigenvalue weighted by Gasteiger charge is 2.13. The van der Waals surface area contributed by atoms with E-state index in [0.29, 0.717) is 18.4 Å². The summed E-state index contributed by atoms with van der Waals surface area (Å²) >= 11 is 0. The highest BCUT2D eigenvalue weighted by molar-refractivity contribution is 5.75. The third-order valence-electron chi connectivity index (χ3n) is 3.37. The summed E-state index contributed by atoms with van der Waals surface area (Å²) in [5, 5.41) is 6.43. The maximum Gasteiger partial charge on any atom is 0.220 e. The van der Waals surface area contributed by atoms with Crippen molar-refractivity contribution < 1.29 is 9.53 Å². The van der Waals surface area contributed by atoms with Crippen molar-refractivity contribution in [2.45, 2.75) is 58.4 Å². The second-order valence-electron chi connectivity index (χ2n) is 5.86. The van der Waals surface area contributed by atoms with Crippen molar-refractivity contribution in [3.05, 3.63) is 0 Å². The Morgan fingerprint density at radius 1 is 1.42 bits per heavy atom. The van der Waals surface area contributed by atoms with Crippen molar-refractivity contribution in [1.29, 1.82) is 0 Å². The SMILES string of the molecule is CC(C)COCCCNC(=O)CCC1CCCCN1. The van der Waals surface area contributed by atoms with E-state index >= 15 is 0 Å². The van der Waals surface area contributed by atoms with Gasteiger partial charge in [0.15, 0.2) is 0 Å². The van der Waals surface area contributed by atoms with Gasteiger partial charge in [-0.15, -0.1) is 0 Å². The van der Waals surface area contributed by atoms with Crippen molar-refractivity contribution >= 4 is 5.91 Å². The molecule has 0 bridgehead atoms. The van der Waals surface area contributed by atoms with Gasteiger partial charge in [0, 0.05) is 32.2 Å². The Bertz CT molecular complexity index is 238. The van der Waals surface area contributed by atoms with E-state index in [1.54, 1.807) is 0 Å². The zero-order valence-corrected chi connectivity index (χ0v) is 12.5. The summed E-state index contributed by atoms with van der Waals surface area (Å²) in [7, 11) is 0. The number of carbonyl (C=O) groups is 1. The first-order valence-electron chi connectivity index (χ1n) is 7.76. The molecule has 1 amide bonds. The minimum Gasteiger partial charge on any atom is -0.381 e. The first-order chi connectivity index (χ1) is 9.18. The second kappa shape index (κ2) is 10.2. The number of hydrogen-bond acceptors (Lipinski definition) is 3. The molecule has 1 rings (SSSR count). The summed E-state index contributed by atoms with van der Waals surface area (Å²) < 4.78 is 5.47. The largest absolute Gasteiger partial charge is 0.381 e. The molecule has 4 nitrogen and oxygen atoms in total. The minimum atomic E-state index is 0.177. The molecule has 0 radical (unpaired) electrons. The van der Waals surface area contributed by atoms with Crippen molar-refractivity contribution in [3.8, 4) is 0 Å². The standard InChI is InChI=1S/C15H30N2O2/c1-13(2)12-19-11-5-10-17-15(18)8-7-14-6-3-4-9-16-14/h13-14,16H,3-12H2,1-2H3,(H,17,18). The van der Waals surface area contributed by atoms with E-state index in [1.165, 1.54) is 19.3 Å². The van der Waals surface area contributed by atoms with Crippen LogP contribution in [0.25, 0.3) is 0 Å². The first kappa shape index (κ1) is 16.4. The van der Waals surface area contributed by atoms with Crippen molar-refractivity contribution in [1.82, 2.24) is 10.6 Å². The average Bonchev–Trinajstić information content (AvgIpc) is 2.41. The molecule has 1 aliphatic rings. The molecule has 0 aliphatic carbocycles. The zero-order valence-electron chi connectivity index (χ0n) is 12.5. The number of piperidine rings is 1. The van der Waals surface area contributed by atoms with Crippen LogP contribution in [0, 0.1) is 5.92 Å². The fourth-order valence-electron chi connectivity index (χ4n) is 2.29. The lowest BCUT2D eigenvalue weighted by atomic mass is 10.0. The van der Waals surface area contributed by atoms with E-state index in [-0.39, 0.29) is 5.91 Å². The van der Waals surface area contributed by atoms with E-state index in [2.05, 4.69) is 24.5 Å². The molecule has 0 aromatic carbocycles. The van der Waals surface area contributed by atoms with E-state index in [0.717, 1.165) is 39.1 Å². The third-order valence-corrected chi connectivity index (χ3v) is 3.37. The topological polar surface area (TPSA) is 50.4 Å². The van der Waals surface area contributed by atoms with Crippen LogP contribution in [0.4, 0.5) is 0 Å². The Balaban J connectivity index is 1.90. The maximum atomic E-state index is 11.6. The molecule has 0 saturated carbocycles. The van der Waals surface area contributed by atoms with Gasteiger partial charge in [0.05, 0.1) is 0 Å². The molecule has 4 heteroatoms. The summed E-state index contributed by atoms with van der Waals surface area (Å²) in [5.41, 5.74) is 0. The molecule has 1 heterocycles. The number of ether oxygens (including phenoxy) is 1. The second-order valence-corrected chi connectivity index (χ2v) is 5.86. The van der Waals surface area contributed by atoms with Crippen LogP contribution in [-0.2, 0) is 9.53 Å². The van der Waals surface area contributed by atoms with Gasteiger partial charge in [0.1, 0.15) is 0 Å². The van der Waals surface area contributed by atoms with Gasteiger partial charge in [0.25, 0.3) is 0 Å². The van der Waals surface area contributed by atoms with Gasteiger partial charge in [-0.25, -0.2) is 0 Å². The van der Waals surface area contributed by atoms with Crippen LogP contribution in [-0.4, -0.2) is 38.3 Å². The quantitative estimate of drug-likeness (QED) is 0.631. The number of carbonyl (C=O) groups excluding carboxylic acids is 1. The van der Waals surface area contributed by atoms with Gasteiger partial charge in [-0.3, -0.25) is 4.79 Å². The molecule has 0 aromatic rings. The minimum absolute atomic E-state index is 0.177. The molecule has 112 valence electrons. The zero-order chi connectivity index (χ0) is 13.9. The summed E-state index contributed by atoms with van der Waals surface area (Å²) in [6.45, 7) is 7.67. The molecule has 1 atom stereocenters. The lowest BCUT2D eigenvalue weighted by Crippen LogP contribution is -2.35. The van der Waals surface area contributed by atoms with Gasteiger partial charge in [-0.05, 0) is 38.1 Å². The van der Waals surface area contributed by atoms with Gasteiger partial charge >= 0.3 is 0 Å². The monoisotopic (exact) mass is 270 g/mol. The highest BCUT2D eigenvalue weighted by Crippen LogP contribution is 2.11. The van der Waals surface area contributed by atoms with Crippen LogP contribution in [0.3, 0.4) is 0 Å². The number of nitrogens with one attached hydrogen (secondary N) is 2. The smallest absolute Gasteiger partial charge is 0.220 e. The molecule has 1 fully saturated rings. The first-order valence-corrected chi connectivity index (χ1v) is 7.76. The van der Waals surface area contributed by atoms with Crippen LogP contribution in [0.5, 0.6) is 0 Å². The Morgan fingerprint density at radius 2 is 2.26 bits per heavy atom. The highest BCUT2D eigenvalue weighted by atomic mass is 16.5. The van der Waals surface area contributed by atoms with E-state index < -0.39 is 0 Å². The van der Waals surface area contributed by atoms with Crippen LogP contribution >= 0.6 is 0 Å². The molecule has 1 unspecified atom stereocenters. The molecular formula is C15H30N2O2. The summed E-state index contributed by atoms with van der Waals surface area (Å²) in [4.78, 5) is 11.6. The van der Waals surface area contributed by atoms with E-state index in [1.807, 2.05) is 0 Å². The normalized spacial score (nSPS) is 19.6. The fraction of sp³-hybridized carbons (Fsp3) is 0.933. The van der Waals surface area contributed by atoms with Gasteiger partial charge < -0.3 is 15.4 Å². The van der Waals surface area contributed by atoms with Crippen LogP contribution < -0.4 is 10.6 Å². The molecule has 1 aliphatic heterocycles. The fourth-order valence-corrected chi connectivity index (χ4v) is 2.29. The Kier molecular flexibility index (Phi) is 8.84. The van der Waals surface area contributed by atoms with Gasteiger partial charge in [0.2, 0.25) is 5.91 Å². The summed E-state index contributed by atoms with van der Waals surface area (Å²) in [6, 6.07) is 0.550. The predicted octanol–water partition coefficient (Wildman–Crippen LogP) is 2.09. The maximum absolute atomic E-state index is 11.6. The lowest BCUT2D eigenvalue weighted by Gasteiger charge is -2.23. The Labute approximate surface area is 117 Å². The van der Waals surface area contributed by atoms with Crippen LogP contribution in [0.2, 0.25) is 0 Å². The third kappa shape index (κ3) is 9.00. The molecule has 0 aromatic heterocycles. The Hall–Kier alpha value is -0.610. The molecule has 19 heavy (non-hydrogen) atoms. The molecule has 0 spiro atoms. The Morgan fingerprint density at radius 3 is 2.95 bits per heavy atom. The average molecular weight is 270 g/mol. The number of rotatable bonds is 9. The van der Waals surface area contributed by atoms with E-state index in [9.17, 15) is 4.79 Å². The van der Waals surface area contributed by atoms with Gasteiger partial charge in [-0.1, -0.05) is 20.3 Å². The van der Waals surface area contributed by atoms with Crippen LogP contribution in [0.1, 0.15) is 52.4 Å². The number of hydrogen-bond donors (Lipinski definition) is 2. The molecule has 2 N–H and O–H groups in total. The summed E-state index contributed by atoms with van der Waals surface area (Å²) in [6.07, 6.45) is 6.31. The van der Waals surface area contributed by atoms with Gasteiger partial charge in [-0.2, -0.15) is 0 Å². The predicted molar refractivity (Wildman–Crippen MR) is 78.2 cm³/mol. The van der Waals surface area contributed by atoms with Crippen molar-refractivity contribution in [2.24, 2.45) is 5.92 Å². The molecular weight excluding hydrogens is 240 g/mol. The lowest BCUT2D eigenvalue weighted by molar-refractivity contribution is -0.121.